The van der Waals surface area contributed by atoms with Crippen molar-refractivity contribution in [2.75, 3.05) is 13.2 Å². The normalized spacial score (nSPS) is 10.8. The zero-order chi connectivity index (χ0) is 29.4. The van der Waals surface area contributed by atoms with Gasteiger partial charge in [-0.1, -0.05) is 55.8 Å². The van der Waals surface area contributed by atoms with Crippen LogP contribution in [0.2, 0.25) is 0 Å². The Morgan fingerprint density at radius 2 is 1.27 bits per heavy atom. The van der Waals surface area contributed by atoms with Gasteiger partial charge in [0, 0.05) is 11.1 Å². The van der Waals surface area contributed by atoms with Gasteiger partial charge in [-0.25, -0.2) is 13.6 Å². The first-order chi connectivity index (χ1) is 19.8. The van der Waals surface area contributed by atoms with Crippen LogP contribution in [0.1, 0.15) is 36.5 Å². The molecule has 41 heavy (non-hydrogen) atoms. The highest BCUT2D eigenvalue weighted by molar-refractivity contribution is 5.91. The number of ether oxygens (including phenoxy) is 3. The summed E-state index contributed by atoms with van der Waals surface area (Å²) in [6.07, 6.45) is 3.94. The molecule has 4 rings (SSSR count). The molecule has 0 fully saturated rings. The molecular formula is C33H28F4O4. The van der Waals surface area contributed by atoms with Gasteiger partial charge >= 0.3 is 5.97 Å². The standard InChI is InChI=1S/C33H28F4O4/c1-3-5-19-39-24-13-11-22(12-14-24)26-16-15-25(29(34)30(26)35)21-7-9-23(10-8-21)33(38)41-28-18-17-27(31(36)32(28)37)40-20-6-4-2/h4,7-18H,2-3,5-6,19-20H2,1H3. The highest BCUT2D eigenvalue weighted by Gasteiger charge is 2.20. The molecule has 0 spiro atoms. The molecule has 0 atom stereocenters. The topological polar surface area (TPSA) is 44.8 Å². The lowest BCUT2D eigenvalue weighted by molar-refractivity contribution is 0.0726. The van der Waals surface area contributed by atoms with Crippen molar-refractivity contribution in [3.05, 3.63) is 114 Å². The summed E-state index contributed by atoms with van der Waals surface area (Å²) in [5.74, 6) is -5.96. The molecule has 4 aromatic carbocycles. The zero-order valence-corrected chi connectivity index (χ0v) is 22.4. The van der Waals surface area contributed by atoms with Gasteiger partial charge in [0.15, 0.2) is 23.1 Å². The fourth-order valence-electron chi connectivity index (χ4n) is 3.96. The van der Waals surface area contributed by atoms with E-state index in [2.05, 4.69) is 13.5 Å². The van der Waals surface area contributed by atoms with Crippen LogP contribution in [-0.2, 0) is 0 Å². The third kappa shape index (κ3) is 6.95. The quantitative estimate of drug-likeness (QED) is 0.0567. The van der Waals surface area contributed by atoms with Crippen molar-refractivity contribution in [3.8, 4) is 39.5 Å². The molecule has 0 saturated heterocycles. The molecular weight excluding hydrogens is 536 g/mol. The van der Waals surface area contributed by atoms with Gasteiger partial charge in [0.05, 0.1) is 18.8 Å². The number of carbonyl (C=O) groups excluding carboxylic acids is 1. The van der Waals surface area contributed by atoms with Crippen LogP contribution in [0.25, 0.3) is 22.3 Å². The van der Waals surface area contributed by atoms with E-state index in [9.17, 15) is 13.6 Å². The molecule has 0 heterocycles. The average Bonchev–Trinajstić information content (AvgIpc) is 2.99. The number of benzene rings is 4. The van der Waals surface area contributed by atoms with Gasteiger partial charge in [0.1, 0.15) is 5.75 Å². The van der Waals surface area contributed by atoms with Crippen molar-refractivity contribution >= 4 is 5.97 Å². The lowest BCUT2D eigenvalue weighted by Gasteiger charge is -2.11. The maximum absolute atomic E-state index is 15.1. The van der Waals surface area contributed by atoms with Crippen molar-refractivity contribution < 1.29 is 36.6 Å². The summed E-state index contributed by atoms with van der Waals surface area (Å²) < 4.78 is 74.6. The van der Waals surface area contributed by atoms with E-state index in [0.29, 0.717) is 29.9 Å². The minimum absolute atomic E-state index is 0.00128. The summed E-state index contributed by atoms with van der Waals surface area (Å²) in [6.45, 7) is 6.27. The van der Waals surface area contributed by atoms with Gasteiger partial charge < -0.3 is 14.2 Å². The van der Waals surface area contributed by atoms with Crippen molar-refractivity contribution in [3.63, 3.8) is 0 Å². The second kappa shape index (κ2) is 13.7. The predicted octanol–water partition coefficient (Wildman–Crippen LogP) is 8.93. The number of hydrogen-bond acceptors (Lipinski definition) is 4. The van der Waals surface area contributed by atoms with Crippen molar-refractivity contribution in [1.29, 1.82) is 0 Å². The fraction of sp³-hybridized carbons (Fsp3) is 0.182. The molecule has 0 radical (unpaired) electrons. The lowest BCUT2D eigenvalue weighted by Crippen LogP contribution is -2.10. The van der Waals surface area contributed by atoms with Crippen LogP contribution in [0, 0.1) is 23.3 Å². The molecule has 0 amide bonds. The van der Waals surface area contributed by atoms with E-state index in [4.69, 9.17) is 14.2 Å². The van der Waals surface area contributed by atoms with Crippen molar-refractivity contribution in [1.82, 2.24) is 0 Å². The van der Waals surface area contributed by atoms with E-state index in [1.54, 1.807) is 30.3 Å². The lowest BCUT2D eigenvalue weighted by atomic mass is 9.98. The van der Waals surface area contributed by atoms with Gasteiger partial charge in [-0.2, -0.15) is 8.78 Å². The number of hydrogen-bond donors (Lipinski definition) is 0. The van der Waals surface area contributed by atoms with E-state index in [1.807, 2.05) is 0 Å². The van der Waals surface area contributed by atoms with Crippen molar-refractivity contribution in [2.24, 2.45) is 0 Å². The van der Waals surface area contributed by atoms with E-state index in [1.165, 1.54) is 36.4 Å². The number of rotatable bonds is 12. The summed E-state index contributed by atoms with van der Waals surface area (Å²) in [5.41, 5.74) is 0.888. The number of esters is 1. The van der Waals surface area contributed by atoms with Crippen LogP contribution in [0.3, 0.4) is 0 Å². The van der Waals surface area contributed by atoms with Crippen LogP contribution < -0.4 is 14.2 Å². The number of unbranched alkanes of at least 4 members (excludes halogenated alkanes) is 1. The zero-order valence-electron chi connectivity index (χ0n) is 22.4. The minimum Gasteiger partial charge on any atom is -0.494 e. The molecule has 0 saturated carbocycles. The molecule has 0 N–H and O–H groups in total. The molecule has 4 nitrogen and oxygen atoms in total. The number of halogens is 4. The highest BCUT2D eigenvalue weighted by atomic mass is 19.2. The Labute approximate surface area is 235 Å². The van der Waals surface area contributed by atoms with Gasteiger partial charge in [-0.15, -0.1) is 6.58 Å². The third-order valence-electron chi connectivity index (χ3n) is 6.24. The summed E-state index contributed by atoms with van der Waals surface area (Å²) in [4.78, 5) is 12.5. The summed E-state index contributed by atoms with van der Waals surface area (Å²) in [5, 5.41) is 0. The monoisotopic (exact) mass is 564 g/mol. The van der Waals surface area contributed by atoms with Crippen LogP contribution in [0.5, 0.6) is 17.2 Å². The smallest absolute Gasteiger partial charge is 0.343 e. The molecule has 212 valence electrons. The van der Waals surface area contributed by atoms with E-state index >= 15 is 8.78 Å². The maximum atomic E-state index is 15.1. The Morgan fingerprint density at radius 1 is 0.707 bits per heavy atom. The van der Waals surface area contributed by atoms with Crippen LogP contribution in [0.4, 0.5) is 17.6 Å². The molecule has 4 aromatic rings. The van der Waals surface area contributed by atoms with E-state index in [0.717, 1.165) is 25.0 Å². The first kappa shape index (κ1) is 29.4. The highest BCUT2D eigenvalue weighted by Crippen LogP contribution is 2.33. The Bertz CT molecular complexity index is 1520. The van der Waals surface area contributed by atoms with Crippen LogP contribution in [0.15, 0.2) is 85.5 Å². The third-order valence-corrected chi connectivity index (χ3v) is 6.24. The second-order valence-electron chi connectivity index (χ2n) is 9.10. The molecule has 0 aliphatic rings. The Morgan fingerprint density at radius 3 is 1.85 bits per heavy atom. The maximum Gasteiger partial charge on any atom is 0.343 e. The molecule has 0 aliphatic carbocycles. The molecule has 0 aliphatic heterocycles. The summed E-state index contributed by atoms with van der Waals surface area (Å²) in [7, 11) is 0. The average molecular weight is 565 g/mol. The number of carbonyl (C=O) groups is 1. The van der Waals surface area contributed by atoms with Gasteiger partial charge in [0.25, 0.3) is 0 Å². The van der Waals surface area contributed by atoms with E-state index in [-0.39, 0.29) is 29.0 Å². The van der Waals surface area contributed by atoms with Crippen LogP contribution >= 0.6 is 0 Å². The first-order valence-electron chi connectivity index (χ1n) is 13.1. The summed E-state index contributed by atoms with van der Waals surface area (Å²) in [6, 6.07) is 17.4. The minimum atomic E-state index is -1.37. The van der Waals surface area contributed by atoms with Gasteiger partial charge in [0.2, 0.25) is 11.6 Å². The molecule has 0 unspecified atom stereocenters. The predicted molar refractivity (Wildman–Crippen MR) is 149 cm³/mol. The molecule has 8 heteroatoms. The Balaban J connectivity index is 1.47. The Hall–Kier alpha value is -4.59. The van der Waals surface area contributed by atoms with Crippen molar-refractivity contribution in [2.45, 2.75) is 26.2 Å². The molecule has 0 bridgehead atoms. The van der Waals surface area contributed by atoms with Gasteiger partial charge in [-0.05, 0) is 60.4 Å². The first-order valence-corrected chi connectivity index (χ1v) is 13.1. The largest absolute Gasteiger partial charge is 0.494 e. The fourth-order valence-corrected chi connectivity index (χ4v) is 3.96. The second-order valence-corrected chi connectivity index (χ2v) is 9.10. The van der Waals surface area contributed by atoms with Gasteiger partial charge in [-0.3, -0.25) is 0 Å². The Kier molecular flexibility index (Phi) is 9.79. The van der Waals surface area contributed by atoms with Crippen LogP contribution in [-0.4, -0.2) is 19.2 Å². The SMILES string of the molecule is C=CCCOc1ccc(OC(=O)c2ccc(-c3ccc(-c4ccc(OCCCC)cc4)c(F)c3F)cc2)c(F)c1F. The van der Waals surface area contributed by atoms with E-state index < -0.39 is 35.0 Å². The summed E-state index contributed by atoms with van der Waals surface area (Å²) >= 11 is 0. The molecule has 0 aromatic heterocycles.